The summed E-state index contributed by atoms with van der Waals surface area (Å²) in [5.74, 6) is 0.962. The van der Waals surface area contributed by atoms with E-state index < -0.39 is 0 Å². The van der Waals surface area contributed by atoms with E-state index >= 15 is 0 Å². The van der Waals surface area contributed by atoms with Gasteiger partial charge in [0.25, 0.3) is 0 Å². The third-order valence-electron chi connectivity index (χ3n) is 5.21. The molecule has 1 rings (SSSR count). The fraction of sp³-hybridized carbons (Fsp3) is 0.952. The number of unbranched alkanes of at least 4 members (excludes halogenated alkanes) is 10. The Morgan fingerprint density at radius 2 is 1.10 bits per heavy atom. The highest BCUT2D eigenvalue weighted by Crippen LogP contribution is 2.26. The van der Waals surface area contributed by atoms with Crippen molar-refractivity contribution in [3.8, 4) is 0 Å². The van der Waals surface area contributed by atoms with Crippen molar-refractivity contribution in [1.82, 2.24) is 0 Å². The van der Waals surface area contributed by atoms with Gasteiger partial charge in [0.15, 0.2) is 0 Å². The fourth-order valence-electron chi connectivity index (χ4n) is 3.71. The van der Waals surface area contributed by atoms with Crippen LogP contribution >= 0.6 is 0 Å². The van der Waals surface area contributed by atoms with Gasteiger partial charge < -0.3 is 0 Å². The first-order chi connectivity index (χ1) is 10.4. The molecule has 0 aromatic rings. The Bertz CT molecular complexity index is 188. The molecule has 0 aromatic heterocycles. The second-order valence-corrected chi connectivity index (χ2v) is 7.31. The van der Waals surface area contributed by atoms with Gasteiger partial charge in [-0.2, -0.15) is 0 Å². The minimum absolute atomic E-state index is 0.962. The zero-order valence-corrected chi connectivity index (χ0v) is 14.9. The SMILES string of the molecule is CCCCCCCCCCCC[CH]C1CCCCCCC1. The highest BCUT2D eigenvalue weighted by Gasteiger charge is 2.10. The topological polar surface area (TPSA) is 0 Å². The second kappa shape index (κ2) is 14.9. The zero-order chi connectivity index (χ0) is 15.0. The van der Waals surface area contributed by atoms with Crippen molar-refractivity contribution in [1.29, 1.82) is 0 Å². The summed E-state index contributed by atoms with van der Waals surface area (Å²) < 4.78 is 0. The van der Waals surface area contributed by atoms with Crippen LogP contribution in [0, 0.1) is 12.3 Å². The number of rotatable bonds is 12. The molecule has 0 nitrogen and oxygen atoms in total. The number of hydrogen-bond donors (Lipinski definition) is 0. The van der Waals surface area contributed by atoms with E-state index in [0.29, 0.717) is 0 Å². The van der Waals surface area contributed by atoms with Crippen molar-refractivity contribution in [2.45, 2.75) is 122 Å². The van der Waals surface area contributed by atoms with Crippen molar-refractivity contribution in [3.63, 3.8) is 0 Å². The Labute approximate surface area is 135 Å². The molecule has 1 saturated carbocycles. The molecular weight excluding hydrogens is 252 g/mol. The molecule has 0 aromatic carbocycles. The van der Waals surface area contributed by atoms with Crippen molar-refractivity contribution < 1.29 is 0 Å². The molecule has 125 valence electrons. The molecule has 0 amide bonds. The molecule has 1 aliphatic carbocycles. The van der Waals surface area contributed by atoms with Crippen molar-refractivity contribution in [2.75, 3.05) is 0 Å². The maximum absolute atomic E-state index is 2.68. The average molecular weight is 294 g/mol. The highest BCUT2D eigenvalue weighted by atomic mass is 14.2. The van der Waals surface area contributed by atoms with Crippen LogP contribution in [0.3, 0.4) is 0 Å². The third kappa shape index (κ3) is 12.2. The summed E-state index contributed by atoms with van der Waals surface area (Å²) in [5, 5.41) is 0. The van der Waals surface area contributed by atoms with Gasteiger partial charge in [0, 0.05) is 0 Å². The molecule has 1 radical (unpaired) electrons. The lowest BCUT2D eigenvalue weighted by Gasteiger charge is -2.19. The summed E-state index contributed by atoms with van der Waals surface area (Å²) in [5.41, 5.74) is 0. The van der Waals surface area contributed by atoms with Gasteiger partial charge >= 0.3 is 0 Å². The van der Waals surface area contributed by atoms with E-state index in [4.69, 9.17) is 0 Å². The summed E-state index contributed by atoms with van der Waals surface area (Å²) in [4.78, 5) is 0. The van der Waals surface area contributed by atoms with Crippen LogP contribution in [0.5, 0.6) is 0 Å². The van der Waals surface area contributed by atoms with E-state index in [1.807, 2.05) is 0 Å². The molecule has 1 aliphatic rings. The molecular formula is C21H41. The maximum atomic E-state index is 2.68. The average Bonchev–Trinajstić information content (AvgIpc) is 2.46. The normalized spacial score (nSPS) is 17.6. The molecule has 21 heavy (non-hydrogen) atoms. The highest BCUT2D eigenvalue weighted by molar-refractivity contribution is 4.77. The fourth-order valence-corrected chi connectivity index (χ4v) is 3.71. The lowest BCUT2D eigenvalue weighted by Crippen LogP contribution is -2.04. The van der Waals surface area contributed by atoms with Gasteiger partial charge in [0.2, 0.25) is 0 Å². The van der Waals surface area contributed by atoms with Gasteiger partial charge in [-0.15, -0.1) is 0 Å². The van der Waals surface area contributed by atoms with Crippen LogP contribution in [0.15, 0.2) is 0 Å². The number of hydrogen-bond acceptors (Lipinski definition) is 0. The van der Waals surface area contributed by atoms with Crippen molar-refractivity contribution >= 4 is 0 Å². The van der Waals surface area contributed by atoms with Crippen LogP contribution in [0.2, 0.25) is 0 Å². The van der Waals surface area contributed by atoms with Crippen LogP contribution in [0.25, 0.3) is 0 Å². The first-order valence-electron chi connectivity index (χ1n) is 10.3. The van der Waals surface area contributed by atoms with Gasteiger partial charge in [-0.05, 0) is 18.8 Å². The van der Waals surface area contributed by atoms with Crippen molar-refractivity contribution in [2.24, 2.45) is 5.92 Å². The monoisotopic (exact) mass is 293 g/mol. The largest absolute Gasteiger partial charge is 0.0654 e. The molecule has 0 atom stereocenters. The molecule has 0 bridgehead atoms. The molecule has 0 N–H and O–H groups in total. The van der Waals surface area contributed by atoms with Crippen LogP contribution in [-0.2, 0) is 0 Å². The van der Waals surface area contributed by atoms with E-state index in [-0.39, 0.29) is 0 Å². The summed E-state index contributed by atoms with van der Waals surface area (Å²) in [6.07, 6.45) is 29.1. The molecule has 0 heteroatoms. The van der Waals surface area contributed by atoms with E-state index in [1.165, 1.54) is 116 Å². The minimum atomic E-state index is 0.962. The Balaban J connectivity index is 1.79. The summed E-state index contributed by atoms with van der Waals surface area (Å²) in [6, 6.07) is 0. The predicted molar refractivity (Wildman–Crippen MR) is 96.6 cm³/mol. The second-order valence-electron chi connectivity index (χ2n) is 7.31. The van der Waals surface area contributed by atoms with E-state index in [2.05, 4.69) is 13.3 Å². The lowest BCUT2D eigenvalue weighted by molar-refractivity contribution is 0.404. The van der Waals surface area contributed by atoms with Crippen LogP contribution in [-0.4, -0.2) is 0 Å². The quantitative estimate of drug-likeness (QED) is 0.321. The van der Waals surface area contributed by atoms with Gasteiger partial charge in [-0.1, -0.05) is 116 Å². The van der Waals surface area contributed by atoms with E-state index in [0.717, 1.165) is 5.92 Å². The third-order valence-corrected chi connectivity index (χ3v) is 5.21. The smallest absolute Gasteiger partial charge is 0.0355 e. The molecule has 0 saturated heterocycles. The van der Waals surface area contributed by atoms with Crippen molar-refractivity contribution in [3.05, 3.63) is 6.42 Å². The van der Waals surface area contributed by atoms with Crippen LogP contribution in [0.1, 0.15) is 122 Å². The Morgan fingerprint density at radius 1 is 0.619 bits per heavy atom. The Morgan fingerprint density at radius 3 is 1.67 bits per heavy atom. The first-order valence-corrected chi connectivity index (χ1v) is 10.3. The molecule has 0 aliphatic heterocycles. The van der Waals surface area contributed by atoms with Gasteiger partial charge in [0.1, 0.15) is 0 Å². The maximum Gasteiger partial charge on any atom is -0.0355 e. The standard InChI is InChI=1S/C21H41/c1-2-3-4-5-6-7-8-9-10-12-15-18-21-19-16-13-11-14-17-20-21/h18,21H,2-17,19-20H2,1H3. The zero-order valence-electron chi connectivity index (χ0n) is 14.9. The van der Waals surface area contributed by atoms with Gasteiger partial charge in [0.05, 0.1) is 0 Å². The molecule has 0 spiro atoms. The van der Waals surface area contributed by atoms with E-state index in [9.17, 15) is 0 Å². The summed E-state index contributed by atoms with van der Waals surface area (Å²) in [6.45, 7) is 2.30. The predicted octanol–water partition coefficient (Wildman–Crippen LogP) is 7.86. The summed E-state index contributed by atoms with van der Waals surface area (Å²) in [7, 11) is 0. The minimum Gasteiger partial charge on any atom is -0.0654 e. The molecule has 0 unspecified atom stereocenters. The van der Waals surface area contributed by atoms with Gasteiger partial charge in [-0.25, -0.2) is 0 Å². The van der Waals surface area contributed by atoms with Crippen LogP contribution < -0.4 is 0 Å². The Hall–Kier alpha value is 0. The lowest BCUT2D eigenvalue weighted by atomic mass is 9.87. The Kier molecular flexibility index (Phi) is 13.5. The van der Waals surface area contributed by atoms with Crippen LogP contribution in [0.4, 0.5) is 0 Å². The first kappa shape index (κ1) is 19.0. The van der Waals surface area contributed by atoms with E-state index in [1.54, 1.807) is 0 Å². The molecule has 1 fully saturated rings. The molecule has 0 heterocycles. The van der Waals surface area contributed by atoms with Gasteiger partial charge in [-0.3, -0.25) is 0 Å². The summed E-state index contributed by atoms with van der Waals surface area (Å²) >= 11 is 0.